The largest absolute Gasteiger partial charge is 0.368 e. The highest BCUT2D eigenvalue weighted by Gasteiger charge is 1.99. The molecule has 0 radical (unpaired) electrons. The van der Waals surface area contributed by atoms with E-state index in [0.717, 1.165) is 30.3 Å². The zero-order valence-corrected chi connectivity index (χ0v) is 8.44. The Balaban J connectivity index is 1.86. The predicted molar refractivity (Wildman–Crippen MR) is 55.3 cm³/mol. The van der Waals surface area contributed by atoms with Crippen LogP contribution < -0.4 is 5.32 Å². The zero-order valence-electron chi connectivity index (χ0n) is 8.44. The van der Waals surface area contributed by atoms with Gasteiger partial charge in [-0.3, -0.25) is 10.1 Å². The Morgan fingerprint density at radius 3 is 2.87 bits per heavy atom. The normalized spacial score (nSPS) is 10.2. The number of aromatic nitrogens is 5. The van der Waals surface area contributed by atoms with Crippen molar-refractivity contribution in [3.63, 3.8) is 0 Å². The van der Waals surface area contributed by atoms with Gasteiger partial charge in [0.1, 0.15) is 18.0 Å². The molecule has 0 unspecified atom stereocenters. The summed E-state index contributed by atoms with van der Waals surface area (Å²) in [4.78, 5) is 12.3. The van der Waals surface area contributed by atoms with Gasteiger partial charge in [-0.25, -0.2) is 9.97 Å². The summed E-state index contributed by atoms with van der Waals surface area (Å²) in [7, 11) is 0. The van der Waals surface area contributed by atoms with Crippen molar-refractivity contribution in [3.05, 3.63) is 30.2 Å². The number of aromatic amines is 1. The average Bonchev–Trinajstić information content (AvgIpc) is 2.74. The molecule has 6 heteroatoms. The predicted octanol–water partition coefficient (Wildman–Crippen LogP) is 0.558. The van der Waals surface area contributed by atoms with Crippen molar-refractivity contribution >= 4 is 5.82 Å². The molecule has 0 aromatic carbocycles. The molecule has 0 aliphatic rings. The first-order valence-corrected chi connectivity index (χ1v) is 4.72. The van der Waals surface area contributed by atoms with E-state index in [1.165, 1.54) is 6.33 Å². The highest BCUT2D eigenvalue weighted by Crippen LogP contribution is 2.05. The van der Waals surface area contributed by atoms with E-state index < -0.39 is 0 Å². The number of anilines is 1. The second kappa shape index (κ2) is 4.50. The molecule has 2 heterocycles. The van der Waals surface area contributed by atoms with E-state index in [9.17, 15) is 0 Å². The van der Waals surface area contributed by atoms with Crippen molar-refractivity contribution in [3.8, 4) is 0 Å². The van der Waals surface area contributed by atoms with Gasteiger partial charge in [-0.15, -0.1) is 0 Å². The van der Waals surface area contributed by atoms with Crippen LogP contribution in [-0.2, 0) is 6.42 Å². The molecule has 0 spiro atoms. The van der Waals surface area contributed by atoms with Gasteiger partial charge in [0.2, 0.25) is 0 Å². The molecule has 0 amide bonds. The molecule has 0 aliphatic carbocycles. The number of aryl methyl sites for hydroxylation is 1. The van der Waals surface area contributed by atoms with Gasteiger partial charge in [0.15, 0.2) is 0 Å². The van der Waals surface area contributed by atoms with Crippen LogP contribution in [-0.4, -0.2) is 31.7 Å². The first-order chi connectivity index (χ1) is 7.36. The monoisotopic (exact) mass is 204 g/mol. The third-order valence-electron chi connectivity index (χ3n) is 2.00. The smallest absolute Gasteiger partial charge is 0.147 e. The van der Waals surface area contributed by atoms with Gasteiger partial charge in [0, 0.05) is 25.4 Å². The first kappa shape index (κ1) is 9.57. The molecule has 0 atom stereocenters. The lowest BCUT2D eigenvalue weighted by Gasteiger charge is -2.05. The molecule has 2 N–H and O–H groups in total. The van der Waals surface area contributed by atoms with Crippen molar-refractivity contribution < 1.29 is 0 Å². The van der Waals surface area contributed by atoms with Crippen LogP contribution in [0.5, 0.6) is 0 Å². The van der Waals surface area contributed by atoms with E-state index in [0.29, 0.717) is 0 Å². The number of nitrogens with zero attached hydrogens (tertiary/aromatic N) is 4. The number of rotatable bonds is 4. The summed E-state index contributed by atoms with van der Waals surface area (Å²) in [5.41, 5.74) is 0.898. The molecule has 6 nitrogen and oxygen atoms in total. The summed E-state index contributed by atoms with van der Waals surface area (Å²) in [6.07, 6.45) is 5.64. The summed E-state index contributed by atoms with van der Waals surface area (Å²) in [6, 6.07) is 0. The lowest BCUT2D eigenvalue weighted by Crippen LogP contribution is -2.09. The van der Waals surface area contributed by atoms with Gasteiger partial charge in [0.05, 0.1) is 5.69 Å². The van der Waals surface area contributed by atoms with E-state index in [1.807, 2.05) is 6.92 Å². The Labute approximate surface area is 87.2 Å². The van der Waals surface area contributed by atoms with E-state index in [-0.39, 0.29) is 0 Å². The number of nitrogens with one attached hydrogen (secondary N) is 2. The Morgan fingerprint density at radius 2 is 2.13 bits per heavy atom. The van der Waals surface area contributed by atoms with Gasteiger partial charge < -0.3 is 5.32 Å². The Kier molecular flexibility index (Phi) is 2.87. The fourth-order valence-corrected chi connectivity index (χ4v) is 1.23. The molecule has 2 rings (SSSR count). The minimum absolute atomic E-state index is 0.759. The van der Waals surface area contributed by atoms with E-state index >= 15 is 0 Å². The fourth-order valence-electron chi connectivity index (χ4n) is 1.23. The fraction of sp³-hybridized carbons (Fsp3) is 0.333. The Bertz CT molecular complexity index is 410. The van der Waals surface area contributed by atoms with Crippen molar-refractivity contribution in [1.29, 1.82) is 0 Å². The quantitative estimate of drug-likeness (QED) is 0.760. The first-order valence-electron chi connectivity index (χ1n) is 4.72. The third kappa shape index (κ3) is 2.49. The van der Waals surface area contributed by atoms with Crippen molar-refractivity contribution in [1.82, 2.24) is 25.1 Å². The van der Waals surface area contributed by atoms with Gasteiger partial charge in [-0.1, -0.05) is 0 Å². The molecule has 0 bridgehead atoms. The maximum absolute atomic E-state index is 4.18. The Hall–Kier alpha value is -1.98. The zero-order chi connectivity index (χ0) is 10.5. The van der Waals surface area contributed by atoms with Crippen LogP contribution >= 0.6 is 0 Å². The minimum Gasteiger partial charge on any atom is -0.368 e. The van der Waals surface area contributed by atoms with Crippen LogP contribution in [0.4, 0.5) is 5.82 Å². The molecule has 0 fully saturated rings. The molecular weight excluding hydrogens is 192 g/mol. The lowest BCUT2D eigenvalue weighted by atomic mass is 10.4. The van der Waals surface area contributed by atoms with E-state index in [2.05, 4.69) is 30.5 Å². The number of hydrogen-bond acceptors (Lipinski definition) is 5. The molecule has 2 aromatic heterocycles. The second-order valence-electron chi connectivity index (χ2n) is 3.10. The van der Waals surface area contributed by atoms with Crippen molar-refractivity contribution in [2.24, 2.45) is 0 Å². The highest BCUT2D eigenvalue weighted by atomic mass is 15.2. The van der Waals surface area contributed by atoms with Crippen LogP contribution in [0.1, 0.15) is 11.5 Å². The molecule has 78 valence electrons. The summed E-state index contributed by atoms with van der Waals surface area (Å²) in [5.74, 6) is 1.68. The topological polar surface area (TPSA) is 79.4 Å². The summed E-state index contributed by atoms with van der Waals surface area (Å²) < 4.78 is 0. The third-order valence-corrected chi connectivity index (χ3v) is 2.00. The van der Waals surface area contributed by atoms with Gasteiger partial charge in [-0.2, -0.15) is 5.10 Å². The highest BCUT2D eigenvalue weighted by molar-refractivity contribution is 5.38. The summed E-state index contributed by atoms with van der Waals surface area (Å²) >= 11 is 0. The second-order valence-corrected chi connectivity index (χ2v) is 3.10. The van der Waals surface area contributed by atoms with Crippen molar-refractivity contribution in [2.45, 2.75) is 13.3 Å². The van der Waals surface area contributed by atoms with Crippen molar-refractivity contribution in [2.75, 3.05) is 11.9 Å². The molecule has 0 aliphatic heterocycles. The van der Waals surface area contributed by atoms with Crippen LogP contribution in [0.2, 0.25) is 0 Å². The molecule has 2 aromatic rings. The molecular formula is C9H12N6. The summed E-state index contributed by atoms with van der Waals surface area (Å²) in [6.45, 7) is 2.68. The SMILES string of the molecule is Cc1nccnc1NCCc1ncn[nH]1. The maximum Gasteiger partial charge on any atom is 0.147 e. The molecule has 15 heavy (non-hydrogen) atoms. The van der Waals surface area contributed by atoms with E-state index in [1.54, 1.807) is 12.4 Å². The maximum atomic E-state index is 4.18. The Morgan fingerprint density at radius 1 is 1.27 bits per heavy atom. The van der Waals surface area contributed by atoms with E-state index in [4.69, 9.17) is 0 Å². The van der Waals surface area contributed by atoms with Gasteiger partial charge >= 0.3 is 0 Å². The summed E-state index contributed by atoms with van der Waals surface area (Å²) in [5, 5.41) is 9.76. The average molecular weight is 204 g/mol. The van der Waals surface area contributed by atoms with Crippen LogP contribution in [0.3, 0.4) is 0 Å². The van der Waals surface area contributed by atoms with Gasteiger partial charge in [0.25, 0.3) is 0 Å². The van der Waals surface area contributed by atoms with Crippen LogP contribution in [0.25, 0.3) is 0 Å². The lowest BCUT2D eigenvalue weighted by molar-refractivity contribution is 0.893. The molecule has 0 saturated carbocycles. The van der Waals surface area contributed by atoms with Crippen LogP contribution in [0.15, 0.2) is 18.7 Å². The van der Waals surface area contributed by atoms with Crippen LogP contribution in [0, 0.1) is 6.92 Å². The minimum atomic E-state index is 0.759. The standard InChI is InChI=1S/C9H12N6/c1-7-9(12-5-4-10-7)11-3-2-8-13-6-14-15-8/h4-6H,2-3H2,1H3,(H,11,12)(H,13,14,15). The van der Waals surface area contributed by atoms with Gasteiger partial charge in [-0.05, 0) is 6.92 Å². The molecule has 0 saturated heterocycles. The number of hydrogen-bond donors (Lipinski definition) is 2. The number of H-pyrrole nitrogens is 1.